The van der Waals surface area contributed by atoms with Crippen molar-refractivity contribution in [2.24, 2.45) is 0 Å². The molecule has 1 fully saturated rings. The van der Waals surface area contributed by atoms with Crippen molar-refractivity contribution in [3.05, 3.63) is 70.2 Å². The van der Waals surface area contributed by atoms with Crippen molar-refractivity contribution in [1.29, 1.82) is 0 Å². The van der Waals surface area contributed by atoms with Gasteiger partial charge in [0.2, 0.25) is 5.91 Å². The van der Waals surface area contributed by atoms with E-state index in [1.165, 1.54) is 12.1 Å². The number of likely N-dealkylation sites (N-methyl/N-ethyl adjacent to an activating group) is 1. The lowest BCUT2D eigenvalue weighted by atomic mass is 10.2. The van der Waals surface area contributed by atoms with Gasteiger partial charge in [-0.05, 0) is 30.8 Å². The molecule has 138 valence electrons. The Kier molecular flexibility index (Phi) is 6.16. The van der Waals surface area contributed by atoms with Gasteiger partial charge < -0.3 is 4.90 Å². The minimum atomic E-state index is -0.616. The Bertz CT molecular complexity index is 785. The van der Waals surface area contributed by atoms with Crippen LogP contribution >= 0.6 is 23.4 Å². The summed E-state index contributed by atoms with van der Waals surface area (Å²) in [4.78, 5) is 16.3. The third-order valence-electron chi connectivity index (χ3n) is 4.16. The smallest absolute Gasteiger partial charge is 0.237 e. The maximum Gasteiger partial charge on any atom is 0.237 e. The number of nitrogens with zero attached hydrogens (tertiary/aromatic N) is 2. The summed E-state index contributed by atoms with van der Waals surface area (Å²) in [6, 6.07) is 10.9. The quantitative estimate of drug-likeness (QED) is 0.751. The number of hydrogen-bond acceptors (Lipinski definition) is 3. The monoisotopic (exact) mass is 396 g/mol. The highest BCUT2D eigenvalue weighted by Gasteiger charge is 2.32. The summed E-state index contributed by atoms with van der Waals surface area (Å²) >= 11 is 7.97. The second-order valence-electron chi connectivity index (χ2n) is 6.28. The average molecular weight is 397 g/mol. The number of carbonyl (C=O) groups is 1. The Balaban J connectivity index is 1.66. The first-order chi connectivity index (χ1) is 12.4. The standard InChI is InChI=1S/C19H19ClF2N2OS/c1-23(11-13-8-14(21)10-15(22)9-13)12-18(25)24-6-7-26-19(24)16-4-2-3-5-17(16)20/h2-5,8-10,19H,6-7,11-12H2,1H3/t19-/m1/s1. The lowest BCUT2D eigenvalue weighted by molar-refractivity contribution is -0.132. The average Bonchev–Trinajstić information content (AvgIpc) is 3.03. The molecule has 0 aromatic heterocycles. The van der Waals surface area contributed by atoms with Crippen molar-refractivity contribution in [3.63, 3.8) is 0 Å². The second kappa shape index (κ2) is 8.37. The number of carbonyl (C=O) groups excluding carboxylic acids is 1. The van der Waals surface area contributed by atoms with E-state index in [9.17, 15) is 13.6 Å². The molecule has 2 aromatic rings. The van der Waals surface area contributed by atoms with Crippen LogP contribution in [0.2, 0.25) is 5.02 Å². The molecule has 1 saturated heterocycles. The van der Waals surface area contributed by atoms with Crippen LogP contribution in [-0.4, -0.2) is 41.6 Å². The molecule has 0 saturated carbocycles. The molecule has 0 N–H and O–H groups in total. The van der Waals surface area contributed by atoms with Crippen molar-refractivity contribution in [1.82, 2.24) is 9.80 Å². The topological polar surface area (TPSA) is 23.6 Å². The largest absolute Gasteiger partial charge is 0.325 e. The maximum absolute atomic E-state index is 13.3. The summed E-state index contributed by atoms with van der Waals surface area (Å²) in [7, 11) is 1.76. The van der Waals surface area contributed by atoms with Crippen LogP contribution in [0, 0.1) is 11.6 Å². The molecule has 0 aliphatic carbocycles. The summed E-state index contributed by atoms with van der Waals surface area (Å²) in [6.45, 7) is 1.11. The zero-order chi connectivity index (χ0) is 18.7. The van der Waals surface area contributed by atoms with Gasteiger partial charge in [0.05, 0.1) is 6.54 Å². The van der Waals surface area contributed by atoms with Gasteiger partial charge >= 0.3 is 0 Å². The lowest BCUT2D eigenvalue weighted by Gasteiger charge is -2.27. The van der Waals surface area contributed by atoms with E-state index in [1.54, 1.807) is 23.7 Å². The number of halogens is 3. The Morgan fingerprint density at radius 2 is 1.96 bits per heavy atom. The van der Waals surface area contributed by atoms with Crippen LogP contribution in [0.25, 0.3) is 0 Å². The van der Waals surface area contributed by atoms with E-state index in [0.717, 1.165) is 17.4 Å². The van der Waals surface area contributed by atoms with Crippen LogP contribution in [0.3, 0.4) is 0 Å². The summed E-state index contributed by atoms with van der Waals surface area (Å²) in [5.41, 5.74) is 1.43. The van der Waals surface area contributed by atoms with Gasteiger partial charge in [-0.2, -0.15) is 0 Å². The van der Waals surface area contributed by atoms with E-state index < -0.39 is 11.6 Å². The maximum atomic E-state index is 13.3. The molecular weight excluding hydrogens is 378 g/mol. The third-order valence-corrected chi connectivity index (χ3v) is 5.75. The molecule has 26 heavy (non-hydrogen) atoms. The van der Waals surface area contributed by atoms with Crippen molar-refractivity contribution in [2.75, 3.05) is 25.9 Å². The molecule has 3 nitrogen and oxygen atoms in total. The van der Waals surface area contributed by atoms with Gasteiger partial charge in [-0.1, -0.05) is 29.8 Å². The molecule has 0 bridgehead atoms. The molecule has 0 spiro atoms. The zero-order valence-electron chi connectivity index (χ0n) is 14.3. The molecule has 7 heteroatoms. The molecule has 3 rings (SSSR count). The van der Waals surface area contributed by atoms with Crippen LogP contribution in [0.1, 0.15) is 16.5 Å². The van der Waals surface area contributed by atoms with Gasteiger partial charge in [0.25, 0.3) is 0 Å². The number of amides is 1. The first-order valence-electron chi connectivity index (χ1n) is 8.23. The van der Waals surface area contributed by atoms with Crippen LogP contribution in [-0.2, 0) is 11.3 Å². The lowest BCUT2D eigenvalue weighted by Crippen LogP contribution is -2.38. The van der Waals surface area contributed by atoms with Crippen LogP contribution in [0.4, 0.5) is 8.78 Å². The minimum absolute atomic E-state index is 0.0284. The van der Waals surface area contributed by atoms with Gasteiger partial charge in [-0.15, -0.1) is 11.8 Å². The number of rotatable bonds is 5. The third kappa shape index (κ3) is 4.55. The van der Waals surface area contributed by atoms with Gasteiger partial charge in [0, 0.05) is 35.5 Å². The Labute approximate surface area is 160 Å². The Hall–Kier alpha value is -1.63. The SMILES string of the molecule is CN(CC(=O)N1CCS[C@@H]1c1ccccc1Cl)Cc1cc(F)cc(F)c1. The number of thioether (sulfide) groups is 1. The Morgan fingerprint density at radius 1 is 1.27 bits per heavy atom. The minimum Gasteiger partial charge on any atom is -0.325 e. The van der Waals surface area contributed by atoms with E-state index in [-0.39, 0.29) is 24.4 Å². The molecule has 0 radical (unpaired) electrons. The highest BCUT2D eigenvalue weighted by Crippen LogP contribution is 2.40. The van der Waals surface area contributed by atoms with Crippen LogP contribution < -0.4 is 0 Å². The van der Waals surface area contributed by atoms with Crippen LogP contribution in [0.15, 0.2) is 42.5 Å². The van der Waals surface area contributed by atoms with E-state index in [1.807, 2.05) is 29.2 Å². The van der Waals surface area contributed by atoms with E-state index >= 15 is 0 Å². The van der Waals surface area contributed by atoms with Gasteiger partial charge in [-0.3, -0.25) is 9.69 Å². The van der Waals surface area contributed by atoms with E-state index in [4.69, 9.17) is 11.6 Å². The summed E-state index contributed by atoms with van der Waals surface area (Å²) in [5, 5.41) is 0.546. The normalized spacial score (nSPS) is 17.1. The molecule has 1 atom stereocenters. The predicted octanol–water partition coefficient (Wildman–Crippen LogP) is 4.32. The fraction of sp³-hybridized carbons (Fsp3) is 0.316. The first kappa shape index (κ1) is 19.1. The fourth-order valence-electron chi connectivity index (χ4n) is 3.05. The van der Waals surface area contributed by atoms with Gasteiger partial charge in [0.1, 0.15) is 17.0 Å². The highest BCUT2D eigenvalue weighted by atomic mass is 35.5. The Morgan fingerprint density at radius 3 is 2.65 bits per heavy atom. The molecule has 1 amide bonds. The summed E-state index contributed by atoms with van der Waals surface area (Å²) < 4.78 is 26.6. The van der Waals surface area contributed by atoms with Crippen LogP contribution in [0.5, 0.6) is 0 Å². The summed E-state index contributed by atoms with van der Waals surface area (Å²) in [6.07, 6.45) is 0. The first-order valence-corrected chi connectivity index (χ1v) is 9.66. The molecule has 1 heterocycles. The fourth-order valence-corrected chi connectivity index (χ4v) is 4.67. The van der Waals surface area contributed by atoms with E-state index in [2.05, 4.69) is 0 Å². The van der Waals surface area contributed by atoms with Gasteiger partial charge in [0.15, 0.2) is 0 Å². The zero-order valence-corrected chi connectivity index (χ0v) is 15.9. The molecular formula is C19H19ClF2N2OS. The number of benzene rings is 2. The summed E-state index contributed by atoms with van der Waals surface area (Å²) in [5.74, 6) is -0.413. The van der Waals surface area contributed by atoms with E-state index in [0.29, 0.717) is 17.1 Å². The van der Waals surface area contributed by atoms with Crippen molar-refractivity contribution >= 4 is 29.3 Å². The molecule has 1 aliphatic rings. The molecule has 1 aliphatic heterocycles. The molecule has 2 aromatic carbocycles. The second-order valence-corrected chi connectivity index (χ2v) is 7.88. The number of hydrogen-bond donors (Lipinski definition) is 0. The molecule has 0 unspecified atom stereocenters. The van der Waals surface area contributed by atoms with Crippen molar-refractivity contribution in [2.45, 2.75) is 11.9 Å². The van der Waals surface area contributed by atoms with Crippen molar-refractivity contribution in [3.8, 4) is 0 Å². The van der Waals surface area contributed by atoms with Crippen molar-refractivity contribution < 1.29 is 13.6 Å². The van der Waals surface area contributed by atoms with Gasteiger partial charge in [-0.25, -0.2) is 8.78 Å². The predicted molar refractivity (Wildman–Crippen MR) is 101 cm³/mol. The highest BCUT2D eigenvalue weighted by molar-refractivity contribution is 7.99.